The lowest BCUT2D eigenvalue weighted by atomic mass is 10.1. The molecule has 0 aliphatic carbocycles. The van der Waals surface area contributed by atoms with E-state index in [1.54, 1.807) is 40.9 Å². The number of aromatic carboxylic acids is 1. The number of carboxylic acid groups (broad SMARTS) is 1. The quantitative estimate of drug-likeness (QED) is 0.567. The van der Waals surface area contributed by atoms with Crippen molar-refractivity contribution in [2.24, 2.45) is 0 Å². The van der Waals surface area contributed by atoms with Gasteiger partial charge in [0.2, 0.25) is 0 Å². The van der Waals surface area contributed by atoms with E-state index in [0.717, 1.165) is 9.75 Å². The van der Waals surface area contributed by atoms with Crippen molar-refractivity contribution in [1.29, 1.82) is 0 Å². The van der Waals surface area contributed by atoms with E-state index >= 15 is 0 Å². The summed E-state index contributed by atoms with van der Waals surface area (Å²) in [6.45, 7) is 0. The van der Waals surface area contributed by atoms with E-state index in [2.05, 4.69) is 11.1 Å². The first-order chi connectivity index (χ1) is 11.2. The van der Waals surface area contributed by atoms with Crippen LogP contribution in [0.15, 0.2) is 60.0 Å². The van der Waals surface area contributed by atoms with Crippen molar-refractivity contribution in [3.63, 3.8) is 0 Å². The lowest BCUT2D eigenvalue weighted by molar-refractivity contribution is -0.254. The first-order valence-corrected chi connectivity index (χ1v) is 8.67. The maximum Gasteiger partial charge on any atom is 0.0816 e. The van der Waals surface area contributed by atoms with Crippen LogP contribution in [0.5, 0.6) is 0 Å². The minimum absolute atomic E-state index is 0.177. The summed E-state index contributed by atoms with van der Waals surface area (Å²) < 4.78 is 0. The lowest BCUT2D eigenvalue weighted by Crippen LogP contribution is -2.22. The van der Waals surface area contributed by atoms with Gasteiger partial charge in [-0.15, -0.1) is 22.7 Å². The Balaban J connectivity index is 1.87. The number of fused-ring (bicyclic) bond motifs is 1. The van der Waals surface area contributed by atoms with Gasteiger partial charge in [0, 0.05) is 20.7 Å². The van der Waals surface area contributed by atoms with Gasteiger partial charge in [-0.05, 0) is 35.7 Å². The second-order valence-electron chi connectivity index (χ2n) is 5.00. The highest BCUT2D eigenvalue weighted by molar-refractivity contribution is 7.23. The van der Waals surface area contributed by atoms with Crippen LogP contribution in [0.1, 0.15) is 10.4 Å². The maximum absolute atomic E-state index is 11.5. The molecule has 0 aliphatic heterocycles. The molecule has 0 atom stereocenters. The molecule has 0 fully saturated rings. The molecule has 3 nitrogen and oxygen atoms in total. The van der Waals surface area contributed by atoms with E-state index in [-0.39, 0.29) is 5.56 Å². The fourth-order valence-electron chi connectivity index (χ4n) is 2.50. The highest BCUT2D eigenvalue weighted by Crippen LogP contribution is 2.36. The number of nitrogens with zero attached hydrogens (tertiary/aromatic N) is 1. The first-order valence-electron chi connectivity index (χ1n) is 6.97. The minimum atomic E-state index is -1.18. The van der Waals surface area contributed by atoms with Gasteiger partial charge in [0.15, 0.2) is 0 Å². The molecule has 0 saturated heterocycles. The van der Waals surface area contributed by atoms with E-state index in [1.807, 2.05) is 35.7 Å². The molecule has 3 aromatic heterocycles. The van der Waals surface area contributed by atoms with Gasteiger partial charge in [-0.25, -0.2) is 4.98 Å². The number of carbonyl (C=O) groups excluding carboxylic acids is 1. The zero-order chi connectivity index (χ0) is 15.8. The lowest BCUT2D eigenvalue weighted by Gasteiger charge is -2.09. The summed E-state index contributed by atoms with van der Waals surface area (Å²) in [6, 6.07) is 16.9. The highest BCUT2D eigenvalue weighted by atomic mass is 32.1. The van der Waals surface area contributed by atoms with Crippen molar-refractivity contribution < 1.29 is 9.90 Å². The molecule has 5 heteroatoms. The maximum atomic E-state index is 11.5. The predicted molar refractivity (Wildman–Crippen MR) is 92.7 cm³/mol. The van der Waals surface area contributed by atoms with Crippen LogP contribution in [-0.2, 0) is 0 Å². The molecule has 0 unspecified atom stereocenters. The molecule has 4 aromatic rings. The second-order valence-corrected chi connectivity index (χ2v) is 7.03. The van der Waals surface area contributed by atoms with Gasteiger partial charge in [-0.1, -0.05) is 24.3 Å². The number of pyridine rings is 1. The summed E-state index contributed by atoms with van der Waals surface area (Å²) in [6.07, 6.45) is 0. The van der Waals surface area contributed by atoms with Crippen molar-refractivity contribution in [2.75, 3.05) is 0 Å². The number of thiophene rings is 2. The summed E-state index contributed by atoms with van der Waals surface area (Å²) >= 11 is 3.29. The number of hydrogen-bond acceptors (Lipinski definition) is 5. The predicted octanol–water partition coefficient (Wildman–Crippen LogP) is 4.06. The van der Waals surface area contributed by atoms with E-state index in [1.165, 1.54) is 4.88 Å². The SMILES string of the molecule is O=C([O-])c1cc(-c2ccc(-c3cccs3)s2)nc2ccccc12. The molecular formula is C18H10NO2S2-. The standard InChI is InChI=1S/C18H11NO2S2/c20-18(21)12-10-14(19-13-5-2-1-4-11(12)13)15-7-8-17(23-15)16-6-3-9-22-16/h1-10H,(H,20,21)/p-1. The molecule has 0 amide bonds. The number of carbonyl (C=O) groups is 1. The third-order valence-corrected chi connectivity index (χ3v) is 5.73. The molecule has 0 radical (unpaired) electrons. The number of carboxylic acids is 1. The van der Waals surface area contributed by atoms with Gasteiger partial charge in [0.25, 0.3) is 0 Å². The Morgan fingerprint density at radius 3 is 2.57 bits per heavy atom. The molecule has 0 bridgehead atoms. The van der Waals surface area contributed by atoms with Gasteiger partial charge >= 0.3 is 0 Å². The Kier molecular flexibility index (Phi) is 3.44. The molecule has 1 aromatic carbocycles. The average molecular weight is 336 g/mol. The van der Waals surface area contributed by atoms with Crippen LogP contribution in [0, 0.1) is 0 Å². The van der Waals surface area contributed by atoms with Crippen molar-refractivity contribution >= 4 is 39.5 Å². The first kappa shape index (κ1) is 14.1. The van der Waals surface area contributed by atoms with Crippen LogP contribution >= 0.6 is 22.7 Å². The molecular weight excluding hydrogens is 326 g/mol. The monoisotopic (exact) mass is 336 g/mol. The van der Waals surface area contributed by atoms with E-state index in [9.17, 15) is 9.90 Å². The Labute approximate surface area is 140 Å². The van der Waals surface area contributed by atoms with Crippen LogP contribution < -0.4 is 5.11 Å². The van der Waals surface area contributed by atoms with Gasteiger partial charge < -0.3 is 9.90 Å². The molecule has 0 spiro atoms. The molecule has 0 aliphatic rings. The smallest absolute Gasteiger partial charge is 0.0816 e. The molecule has 4 rings (SSSR count). The van der Waals surface area contributed by atoms with Gasteiger partial charge in [0.05, 0.1) is 22.1 Å². The number of hydrogen-bond donors (Lipinski definition) is 0. The van der Waals surface area contributed by atoms with Crippen molar-refractivity contribution in [3.05, 3.63) is 65.5 Å². The number of benzene rings is 1. The fraction of sp³-hybridized carbons (Fsp3) is 0. The largest absolute Gasteiger partial charge is 0.545 e. The summed E-state index contributed by atoms with van der Waals surface area (Å²) in [4.78, 5) is 19.4. The van der Waals surface area contributed by atoms with Crippen molar-refractivity contribution in [3.8, 4) is 20.3 Å². The van der Waals surface area contributed by atoms with Crippen LogP contribution in [0.4, 0.5) is 0 Å². The van der Waals surface area contributed by atoms with Crippen LogP contribution in [0.25, 0.3) is 31.2 Å². The minimum Gasteiger partial charge on any atom is -0.545 e. The molecule has 23 heavy (non-hydrogen) atoms. The third kappa shape index (κ3) is 2.54. The van der Waals surface area contributed by atoms with Gasteiger partial charge in [0.1, 0.15) is 0 Å². The Morgan fingerprint density at radius 2 is 1.78 bits per heavy atom. The van der Waals surface area contributed by atoms with Crippen LogP contribution in [0.3, 0.4) is 0 Å². The Hall–Kier alpha value is -2.50. The molecule has 0 saturated carbocycles. The highest BCUT2D eigenvalue weighted by Gasteiger charge is 2.11. The van der Waals surface area contributed by atoms with Gasteiger partial charge in [-0.2, -0.15) is 0 Å². The average Bonchev–Trinajstić information content (AvgIpc) is 3.24. The summed E-state index contributed by atoms with van der Waals surface area (Å²) in [7, 11) is 0. The topological polar surface area (TPSA) is 53.0 Å². The second kappa shape index (κ2) is 5.61. The normalized spacial score (nSPS) is 11.0. The zero-order valence-electron chi connectivity index (χ0n) is 11.9. The summed E-state index contributed by atoms with van der Waals surface area (Å²) in [5.74, 6) is -1.18. The Bertz CT molecular complexity index is 1000. The van der Waals surface area contributed by atoms with E-state index in [4.69, 9.17) is 0 Å². The molecule has 0 N–H and O–H groups in total. The Morgan fingerprint density at radius 1 is 0.957 bits per heavy atom. The van der Waals surface area contributed by atoms with E-state index < -0.39 is 5.97 Å². The van der Waals surface area contributed by atoms with Crippen molar-refractivity contribution in [1.82, 2.24) is 4.98 Å². The molecule has 3 heterocycles. The summed E-state index contributed by atoms with van der Waals surface area (Å²) in [5.41, 5.74) is 1.50. The zero-order valence-corrected chi connectivity index (χ0v) is 13.5. The van der Waals surface area contributed by atoms with E-state index in [0.29, 0.717) is 16.6 Å². The number of aromatic nitrogens is 1. The number of para-hydroxylation sites is 1. The number of rotatable bonds is 3. The molecule has 112 valence electrons. The van der Waals surface area contributed by atoms with Crippen LogP contribution in [0.2, 0.25) is 0 Å². The summed E-state index contributed by atoms with van der Waals surface area (Å²) in [5, 5.41) is 14.1. The van der Waals surface area contributed by atoms with Crippen LogP contribution in [-0.4, -0.2) is 11.0 Å². The fourth-order valence-corrected chi connectivity index (χ4v) is 4.30. The third-order valence-electron chi connectivity index (χ3n) is 3.56. The van der Waals surface area contributed by atoms with Crippen molar-refractivity contribution in [2.45, 2.75) is 0 Å². The van der Waals surface area contributed by atoms with Gasteiger partial charge in [-0.3, -0.25) is 0 Å².